The normalized spacial score (nSPS) is 19.4. The number of β-amino-alcohol motifs (C(OH)–C–C–N with tert-alkyl or cyclic N) is 1. The van der Waals surface area contributed by atoms with Gasteiger partial charge in [0.05, 0.1) is 12.2 Å². The Morgan fingerprint density at radius 3 is 2.76 bits per heavy atom. The van der Waals surface area contributed by atoms with Crippen molar-refractivity contribution in [2.75, 3.05) is 32.9 Å². The molecule has 1 saturated heterocycles. The van der Waals surface area contributed by atoms with E-state index in [9.17, 15) is 15.0 Å². The summed E-state index contributed by atoms with van der Waals surface area (Å²) in [5, 5.41) is 19.4. The Morgan fingerprint density at radius 2 is 2.08 bits per heavy atom. The van der Waals surface area contributed by atoms with E-state index in [0.717, 1.165) is 25.8 Å². The lowest BCUT2D eigenvalue weighted by Gasteiger charge is -2.36. The van der Waals surface area contributed by atoms with Crippen LogP contribution in [0.4, 0.5) is 0 Å². The van der Waals surface area contributed by atoms with Crippen molar-refractivity contribution in [1.82, 2.24) is 4.90 Å². The Hall–Kier alpha value is -1.63. The molecule has 1 aliphatic heterocycles. The molecule has 0 bridgehead atoms. The molecular formula is C19H29NO5. The van der Waals surface area contributed by atoms with Gasteiger partial charge in [0.2, 0.25) is 0 Å². The van der Waals surface area contributed by atoms with Crippen LogP contribution >= 0.6 is 0 Å². The molecule has 1 aromatic carbocycles. The minimum absolute atomic E-state index is 0.181. The fourth-order valence-corrected chi connectivity index (χ4v) is 3.19. The predicted molar refractivity (Wildman–Crippen MR) is 94.8 cm³/mol. The molecular weight excluding hydrogens is 322 g/mol. The second-order valence-corrected chi connectivity index (χ2v) is 6.37. The van der Waals surface area contributed by atoms with Crippen molar-refractivity contribution in [3.63, 3.8) is 0 Å². The average molecular weight is 351 g/mol. The van der Waals surface area contributed by atoms with Gasteiger partial charge in [0.25, 0.3) is 0 Å². The quantitative estimate of drug-likeness (QED) is 0.661. The van der Waals surface area contributed by atoms with Gasteiger partial charge in [0.1, 0.15) is 18.5 Å². The zero-order valence-corrected chi connectivity index (χ0v) is 14.9. The van der Waals surface area contributed by atoms with Gasteiger partial charge in [-0.25, -0.2) is 4.79 Å². The molecule has 2 rings (SSSR count). The van der Waals surface area contributed by atoms with Crippen LogP contribution in [-0.2, 0) is 4.74 Å². The number of piperidine rings is 1. The molecule has 0 spiro atoms. The minimum Gasteiger partial charge on any atom is -0.491 e. The Morgan fingerprint density at radius 1 is 1.32 bits per heavy atom. The maximum absolute atomic E-state index is 11.6. The first kappa shape index (κ1) is 19.7. The summed E-state index contributed by atoms with van der Waals surface area (Å²) in [6, 6.07) is 7.06. The highest BCUT2D eigenvalue weighted by Gasteiger charge is 2.24. The molecule has 1 aliphatic rings. The lowest BCUT2D eigenvalue weighted by Crippen LogP contribution is -2.45. The predicted octanol–water partition coefficient (Wildman–Crippen LogP) is 1.84. The van der Waals surface area contributed by atoms with E-state index in [1.54, 1.807) is 31.2 Å². The summed E-state index contributed by atoms with van der Waals surface area (Å²) in [6.45, 7) is 3.99. The molecule has 140 valence electrons. The van der Waals surface area contributed by atoms with Crippen LogP contribution in [-0.4, -0.2) is 66.1 Å². The minimum atomic E-state index is -0.593. The second kappa shape index (κ2) is 10.4. The molecule has 25 heavy (non-hydrogen) atoms. The van der Waals surface area contributed by atoms with Gasteiger partial charge >= 0.3 is 5.97 Å². The third-order valence-corrected chi connectivity index (χ3v) is 4.46. The van der Waals surface area contributed by atoms with Gasteiger partial charge in [0.15, 0.2) is 0 Å². The molecule has 1 aromatic rings. The highest BCUT2D eigenvalue weighted by atomic mass is 16.5. The Bertz CT molecular complexity index is 517. The van der Waals surface area contributed by atoms with Crippen LogP contribution in [0.3, 0.4) is 0 Å². The number of aliphatic hydroxyl groups is 2. The molecule has 0 saturated carbocycles. The van der Waals surface area contributed by atoms with E-state index < -0.39 is 6.10 Å². The lowest BCUT2D eigenvalue weighted by atomic mass is 9.99. The molecule has 2 N–H and O–H groups in total. The van der Waals surface area contributed by atoms with Gasteiger partial charge in [-0.2, -0.15) is 0 Å². The van der Waals surface area contributed by atoms with Crippen LogP contribution in [0.25, 0.3) is 0 Å². The number of hydrogen-bond acceptors (Lipinski definition) is 6. The van der Waals surface area contributed by atoms with Crippen molar-refractivity contribution < 1.29 is 24.5 Å². The van der Waals surface area contributed by atoms with Crippen LogP contribution in [0, 0.1) is 0 Å². The molecule has 6 heteroatoms. The van der Waals surface area contributed by atoms with E-state index in [0.29, 0.717) is 30.5 Å². The summed E-state index contributed by atoms with van der Waals surface area (Å²) in [5.41, 5.74) is 0.481. The fourth-order valence-electron chi connectivity index (χ4n) is 3.19. The molecule has 0 amide bonds. The maximum atomic E-state index is 11.6. The van der Waals surface area contributed by atoms with Gasteiger partial charge in [0, 0.05) is 19.2 Å². The van der Waals surface area contributed by atoms with Crippen molar-refractivity contribution in [3.05, 3.63) is 29.8 Å². The third-order valence-electron chi connectivity index (χ3n) is 4.46. The first-order chi connectivity index (χ1) is 12.1. The molecule has 0 aliphatic carbocycles. The third kappa shape index (κ3) is 6.30. The zero-order valence-electron chi connectivity index (χ0n) is 14.9. The second-order valence-electron chi connectivity index (χ2n) is 6.37. The van der Waals surface area contributed by atoms with E-state index >= 15 is 0 Å². The largest absolute Gasteiger partial charge is 0.491 e. The summed E-state index contributed by atoms with van der Waals surface area (Å²) in [6.07, 6.45) is 3.54. The van der Waals surface area contributed by atoms with Crippen LogP contribution < -0.4 is 4.74 Å². The molecule has 0 radical (unpaired) electrons. The fraction of sp³-hybridized carbons (Fsp3) is 0.632. The summed E-state index contributed by atoms with van der Waals surface area (Å²) in [4.78, 5) is 13.8. The number of likely N-dealkylation sites (tertiary alicyclic amines) is 1. The standard InChI is InChI=1S/C19H29NO5/c1-2-24-19(23)15-6-8-18(9-7-15)25-14-17(22)13-20-11-4-3-5-16(20)10-12-21/h6-9,16-17,21-22H,2-5,10-14H2,1H3/t16-,17-/m0/s1. The van der Waals surface area contributed by atoms with Gasteiger partial charge in [-0.05, 0) is 57.0 Å². The zero-order chi connectivity index (χ0) is 18.1. The van der Waals surface area contributed by atoms with E-state index in [2.05, 4.69) is 4.90 Å². The topological polar surface area (TPSA) is 79.2 Å². The van der Waals surface area contributed by atoms with Gasteiger partial charge in [-0.15, -0.1) is 0 Å². The van der Waals surface area contributed by atoms with Crippen LogP contribution in [0.5, 0.6) is 5.75 Å². The Balaban J connectivity index is 1.79. The van der Waals surface area contributed by atoms with Crippen molar-refractivity contribution in [2.24, 2.45) is 0 Å². The van der Waals surface area contributed by atoms with E-state index in [1.807, 2.05) is 0 Å². The molecule has 1 fully saturated rings. The van der Waals surface area contributed by atoms with Gasteiger partial charge in [-0.3, -0.25) is 4.90 Å². The van der Waals surface area contributed by atoms with Crippen LogP contribution in [0.15, 0.2) is 24.3 Å². The smallest absolute Gasteiger partial charge is 0.338 e. The summed E-state index contributed by atoms with van der Waals surface area (Å²) >= 11 is 0. The van der Waals surface area contributed by atoms with Crippen LogP contribution in [0.2, 0.25) is 0 Å². The van der Waals surface area contributed by atoms with Crippen molar-refractivity contribution in [3.8, 4) is 5.75 Å². The van der Waals surface area contributed by atoms with E-state index in [-0.39, 0.29) is 19.2 Å². The van der Waals surface area contributed by atoms with Crippen molar-refractivity contribution in [1.29, 1.82) is 0 Å². The average Bonchev–Trinajstić information content (AvgIpc) is 2.62. The van der Waals surface area contributed by atoms with Crippen molar-refractivity contribution in [2.45, 2.75) is 44.8 Å². The van der Waals surface area contributed by atoms with Crippen LogP contribution in [0.1, 0.15) is 43.0 Å². The molecule has 1 heterocycles. The number of hydrogen-bond donors (Lipinski definition) is 2. The first-order valence-electron chi connectivity index (χ1n) is 9.07. The highest BCUT2D eigenvalue weighted by Crippen LogP contribution is 2.20. The SMILES string of the molecule is CCOC(=O)c1ccc(OC[C@@H](O)CN2CCCC[C@H]2CCO)cc1. The maximum Gasteiger partial charge on any atom is 0.338 e. The molecule has 0 unspecified atom stereocenters. The Kier molecular flexibility index (Phi) is 8.18. The number of rotatable bonds is 9. The summed E-state index contributed by atoms with van der Waals surface area (Å²) in [5.74, 6) is 0.256. The monoisotopic (exact) mass is 351 g/mol. The lowest BCUT2D eigenvalue weighted by molar-refractivity contribution is 0.0332. The van der Waals surface area contributed by atoms with E-state index in [1.165, 1.54) is 6.42 Å². The summed E-state index contributed by atoms with van der Waals surface area (Å²) < 4.78 is 10.6. The van der Waals surface area contributed by atoms with E-state index in [4.69, 9.17) is 9.47 Å². The van der Waals surface area contributed by atoms with Gasteiger partial charge < -0.3 is 19.7 Å². The molecule has 6 nitrogen and oxygen atoms in total. The summed E-state index contributed by atoms with van der Waals surface area (Å²) in [7, 11) is 0. The highest BCUT2D eigenvalue weighted by molar-refractivity contribution is 5.89. The Labute approximate surface area is 149 Å². The molecule has 0 aromatic heterocycles. The van der Waals surface area contributed by atoms with Crippen molar-refractivity contribution >= 4 is 5.97 Å². The number of carbonyl (C=O) groups excluding carboxylic acids is 1. The first-order valence-corrected chi connectivity index (χ1v) is 9.07. The number of esters is 1. The van der Waals surface area contributed by atoms with Gasteiger partial charge in [-0.1, -0.05) is 6.42 Å². The number of aliphatic hydroxyl groups excluding tert-OH is 2. The number of nitrogens with zero attached hydrogens (tertiary/aromatic N) is 1. The number of ether oxygens (including phenoxy) is 2. The molecule has 2 atom stereocenters. The number of carbonyl (C=O) groups is 1. The number of benzene rings is 1.